The molecule has 0 aromatic heterocycles. The van der Waals surface area contributed by atoms with E-state index in [1.807, 2.05) is 0 Å². The number of hydrogen-bond acceptors (Lipinski definition) is 2. The Balaban J connectivity index is 2.73. The Morgan fingerprint density at radius 2 is 1.92 bits per heavy atom. The minimum absolute atomic E-state index is 0.378. The Morgan fingerprint density at radius 1 is 1.33 bits per heavy atom. The molecular weight excluding hydrogens is 172 g/mol. The molecule has 0 radical (unpaired) electrons. The van der Waals surface area contributed by atoms with Crippen molar-refractivity contribution < 1.29 is 8.42 Å². The highest BCUT2D eigenvalue weighted by atomic mass is 32.2. The lowest BCUT2D eigenvalue weighted by Crippen LogP contribution is -2.34. The van der Waals surface area contributed by atoms with E-state index in [0.29, 0.717) is 29.3 Å². The second-order valence-corrected chi connectivity index (χ2v) is 6.52. The topological polar surface area (TPSA) is 34.1 Å². The van der Waals surface area contributed by atoms with Gasteiger partial charge in [0.1, 0.15) is 0 Å². The molecule has 0 amide bonds. The van der Waals surface area contributed by atoms with E-state index in [1.54, 1.807) is 0 Å². The molecule has 1 aliphatic heterocycles. The summed E-state index contributed by atoms with van der Waals surface area (Å²) in [5.41, 5.74) is 0. The molecule has 0 bridgehead atoms. The van der Waals surface area contributed by atoms with Gasteiger partial charge in [0.15, 0.2) is 9.84 Å². The van der Waals surface area contributed by atoms with Gasteiger partial charge in [0, 0.05) is 0 Å². The average molecular weight is 190 g/mol. The van der Waals surface area contributed by atoms with Gasteiger partial charge in [-0.2, -0.15) is 0 Å². The molecule has 12 heavy (non-hydrogen) atoms. The number of sulfone groups is 1. The summed E-state index contributed by atoms with van der Waals surface area (Å²) in [4.78, 5) is 0. The van der Waals surface area contributed by atoms with Gasteiger partial charge in [-0.05, 0) is 24.2 Å². The van der Waals surface area contributed by atoms with E-state index in [0.717, 1.165) is 6.42 Å². The van der Waals surface area contributed by atoms with Crippen molar-refractivity contribution in [3.8, 4) is 0 Å². The third-order valence-electron chi connectivity index (χ3n) is 2.92. The van der Waals surface area contributed by atoms with E-state index in [4.69, 9.17) is 0 Å². The summed E-state index contributed by atoms with van der Waals surface area (Å²) in [6, 6.07) is 0. The first-order chi connectivity index (χ1) is 5.42. The van der Waals surface area contributed by atoms with Gasteiger partial charge in [-0.1, -0.05) is 20.8 Å². The number of hydrogen-bond donors (Lipinski definition) is 0. The molecule has 1 rings (SSSR count). The van der Waals surface area contributed by atoms with Gasteiger partial charge in [-0.3, -0.25) is 0 Å². The summed E-state index contributed by atoms with van der Waals surface area (Å²) in [5.74, 6) is 2.26. The van der Waals surface area contributed by atoms with Crippen molar-refractivity contribution >= 4 is 9.84 Å². The number of rotatable bonds is 1. The molecular formula is C9H18O2S. The Bertz CT molecular complexity index is 241. The molecule has 1 saturated heterocycles. The normalized spacial score (nSPS) is 35.3. The first-order valence-corrected chi connectivity index (χ1v) is 6.45. The maximum absolute atomic E-state index is 11.3. The maximum Gasteiger partial charge on any atom is 0.150 e. The molecule has 1 fully saturated rings. The van der Waals surface area contributed by atoms with Crippen LogP contribution in [-0.4, -0.2) is 19.9 Å². The summed E-state index contributed by atoms with van der Waals surface area (Å²) < 4.78 is 22.6. The van der Waals surface area contributed by atoms with Crippen molar-refractivity contribution in [2.75, 3.05) is 11.5 Å². The largest absolute Gasteiger partial charge is 0.229 e. The lowest BCUT2D eigenvalue weighted by atomic mass is 9.84. The predicted octanol–water partition coefficient (Wildman–Crippen LogP) is 1.71. The Kier molecular flexibility index (Phi) is 2.81. The summed E-state index contributed by atoms with van der Waals surface area (Å²) in [6.45, 7) is 6.39. The van der Waals surface area contributed by atoms with Crippen LogP contribution in [0.5, 0.6) is 0 Å². The van der Waals surface area contributed by atoms with Crippen molar-refractivity contribution in [1.29, 1.82) is 0 Å². The highest BCUT2D eigenvalue weighted by molar-refractivity contribution is 7.91. The summed E-state index contributed by atoms with van der Waals surface area (Å²) in [5, 5.41) is 0. The molecule has 1 heterocycles. The smallest absolute Gasteiger partial charge is 0.150 e. The molecule has 0 aliphatic carbocycles. The van der Waals surface area contributed by atoms with E-state index in [2.05, 4.69) is 20.8 Å². The fraction of sp³-hybridized carbons (Fsp3) is 1.00. The van der Waals surface area contributed by atoms with E-state index < -0.39 is 9.84 Å². The molecule has 2 unspecified atom stereocenters. The van der Waals surface area contributed by atoms with E-state index >= 15 is 0 Å². The van der Waals surface area contributed by atoms with Crippen LogP contribution in [0, 0.1) is 17.8 Å². The zero-order valence-electron chi connectivity index (χ0n) is 8.08. The molecule has 1 aliphatic rings. The average Bonchev–Trinajstić information content (AvgIpc) is 1.94. The minimum atomic E-state index is -2.71. The minimum Gasteiger partial charge on any atom is -0.229 e. The molecule has 0 aromatic rings. The lowest BCUT2D eigenvalue weighted by molar-refractivity contribution is 0.280. The van der Waals surface area contributed by atoms with Crippen molar-refractivity contribution in [3.05, 3.63) is 0 Å². The zero-order chi connectivity index (χ0) is 9.35. The van der Waals surface area contributed by atoms with Gasteiger partial charge >= 0.3 is 0 Å². The SMILES string of the molecule is CC(C)C1CS(=O)(=O)CCC1C. The maximum atomic E-state index is 11.3. The quantitative estimate of drug-likeness (QED) is 0.631. The van der Waals surface area contributed by atoms with Crippen LogP contribution in [0.1, 0.15) is 27.2 Å². The molecule has 3 heteroatoms. The van der Waals surface area contributed by atoms with Crippen LogP contribution >= 0.6 is 0 Å². The summed E-state index contributed by atoms with van der Waals surface area (Å²) >= 11 is 0. The molecule has 2 nitrogen and oxygen atoms in total. The van der Waals surface area contributed by atoms with Gasteiger partial charge in [0.2, 0.25) is 0 Å². The van der Waals surface area contributed by atoms with Gasteiger partial charge in [-0.15, -0.1) is 0 Å². The Labute approximate surface area is 75.3 Å². The van der Waals surface area contributed by atoms with Crippen LogP contribution in [-0.2, 0) is 9.84 Å². The third-order valence-corrected chi connectivity index (χ3v) is 4.67. The van der Waals surface area contributed by atoms with E-state index in [-0.39, 0.29) is 0 Å². The van der Waals surface area contributed by atoms with Gasteiger partial charge < -0.3 is 0 Å². The standard InChI is InChI=1S/C9H18O2S/c1-7(2)9-6-12(10,11)5-4-8(9)3/h7-9H,4-6H2,1-3H3. The van der Waals surface area contributed by atoms with Crippen LogP contribution in [0.15, 0.2) is 0 Å². The van der Waals surface area contributed by atoms with Crippen molar-refractivity contribution in [2.24, 2.45) is 17.8 Å². The highest BCUT2D eigenvalue weighted by Gasteiger charge is 2.31. The van der Waals surface area contributed by atoms with Crippen molar-refractivity contribution in [1.82, 2.24) is 0 Å². The van der Waals surface area contributed by atoms with Crippen molar-refractivity contribution in [3.63, 3.8) is 0 Å². The van der Waals surface area contributed by atoms with Crippen molar-refractivity contribution in [2.45, 2.75) is 27.2 Å². The van der Waals surface area contributed by atoms with Gasteiger partial charge in [-0.25, -0.2) is 8.42 Å². The molecule has 0 N–H and O–H groups in total. The predicted molar refractivity (Wildman–Crippen MR) is 50.8 cm³/mol. The van der Waals surface area contributed by atoms with Crippen LogP contribution in [0.4, 0.5) is 0 Å². The van der Waals surface area contributed by atoms with Gasteiger partial charge in [0.25, 0.3) is 0 Å². The summed E-state index contributed by atoms with van der Waals surface area (Å²) in [7, 11) is -2.71. The first-order valence-electron chi connectivity index (χ1n) is 4.63. The monoisotopic (exact) mass is 190 g/mol. The van der Waals surface area contributed by atoms with E-state index in [9.17, 15) is 8.42 Å². The zero-order valence-corrected chi connectivity index (χ0v) is 8.89. The molecule has 0 aromatic carbocycles. The Hall–Kier alpha value is -0.0500. The van der Waals surface area contributed by atoms with Crippen LogP contribution in [0.2, 0.25) is 0 Å². The Morgan fingerprint density at radius 3 is 2.33 bits per heavy atom. The molecule has 0 spiro atoms. The summed E-state index contributed by atoms with van der Waals surface area (Å²) in [6.07, 6.45) is 0.852. The fourth-order valence-corrected chi connectivity index (χ4v) is 4.17. The molecule has 0 saturated carbocycles. The van der Waals surface area contributed by atoms with Gasteiger partial charge in [0.05, 0.1) is 11.5 Å². The first kappa shape index (κ1) is 10.0. The fourth-order valence-electron chi connectivity index (χ4n) is 1.97. The van der Waals surface area contributed by atoms with Crippen LogP contribution in [0.3, 0.4) is 0 Å². The lowest BCUT2D eigenvalue weighted by Gasteiger charge is -2.31. The van der Waals surface area contributed by atoms with Crippen LogP contribution in [0.25, 0.3) is 0 Å². The van der Waals surface area contributed by atoms with Crippen LogP contribution < -0.4 is 0 Å². The molecule has 72 valence electrons. The second kappa shape index (κ2) is 3.36. The van der Waals surface area contributed by atoms with E-state index in [1.165, 1.54) is 0 Å². The highest BCUT2D eigenvalue weighted by Crippen LogP contribution is 2.30. The third kappa shape index (κ3) is 2.22. The molecule has 2 atom stereocenters. The second-order valence-electron chi connectivity index (χ2n) is 4.29.